The number of carbonyl (C=O) groups is 2. The molecule has 0 spiro atoms. The second-order valence-corrected chi connectivity index (χ2v) is 3.99. The van der Waals surface area contributed by atoms with Crippen molar-refractivity contribution in [1.29, 1.82) is 0 Å². The second-order valence-electron chi connectivity index (χ2n) is 3.99. The predicted molar refractivity (Wildman–Crippen MR) is 66.3 cm³/mol. The van der Waals surface area contributed by atoms with E-state index in [1.165, 1.54) is 12.3 Å². The third-order valence-corrected chi connectivity index (χ3v) is 2.49. The minimum atomic E-state index is -1.07. The molecule has 0 aliphatic rings. The van der Waals surface area contributed by atoms with Crippen LogP contribution in [0.4, 0.5) is 4.79 Å². The van der Waals surface area contributed by atoms with E-state index in [-0.39, 0.29) is 17.8 Å². The first-order valence-electron chi connectivity index (χ1n) is 5.75. The highest BCUT2D eigenvalue weighted by molar-refractivity contribution is 5.85. The lowest BCUT2D eigenvalue weighted by molar-refractivity contribution is 0.0690. The number of carboxylic acid groups (broad SMARTS) is 1. The number of nitrogens with zero attached hydrogens (tertiary/aromatic N) is 1. The molecule has 1 heterocycles. The van der Waals surface area contributed by atoms with Gasteiger partial charge in [-0.1, -0.05) is 13.0 Å². The number of aromatic nitrogens is 1. The maximum atomic E-state index is 11.4. The lowest BCUT2D eigenvalue weighted by Gasteiger charge is -2.12. The third kappa shape index (κ3) is 4.40. The molecular formula is C12H17N3O3. The van der Waals surface area contributed by atoms with Gasteiger partial charge in [0.1, 0.15) is 5.69 Å². The van der Waals surface area contributed by atoms with Crippen molar-refractivity contribution in [2.45, 2.75) is 32.9 Å². The van der Waals surface area contributed by atoms with Crippen LogP contribution in [-0.2, 0) is 6.54 Å². The van der Waals surface area contributed by atoms with E-state index in [0.29, 0.717) is 6.54 Å². The van der Waals surface area contributed by atoms with E-state index >= 15 is 0 Å². The molecule has 1 aromatic rings. The van der Waals surface area contributed by atoms with Gasteiger partial charge in [0.15, 0.2) is 0 Å². The number of urea groups is 1. The molecule has 0 aliphatic heterocycles. The predicted octanol–water partition coefficient (Wildman–Crippen LogP) is 1.38. The molecule has 6 heteroatoms. The molecule has 6 nitrogen and oxygen atoms in total. The summed E-state index contributed by atoms with van der Waals surface area (Å²) in [7, 11) is 0. The molecule has 0 saturated heterocycles. The van der Waals surface area contributed by atoms with Crippen LogP contribution in [0.15, 0.2) is 18.3 Å². The Bertz CT molecular complexity index is 417. The van der Waals surface area contributed by atoms with Crippen molar-refractivity contribution in [3.63, 3.8) is 0 Å². The fourth-order valence-electron chi connectivity index (χ4n) is 1.21. The smallest absolute Gasteiger partial charge is 0.354 e. The van der Waals surface area contributed by atoms with E-state index in [9.17, 15) is 9.59 Å². The number of hydrogen-bond acceptors (Lipinski definition) is 3. The Hall–Kier alpha value is -2.11. The van der Waals surface area contributed by atoms with E-state index < -0.39 is 5.97 Å². The molecule has 1 aromatic heterocycles. The normalized spacial score (nSPS) is 11.7. The Balaban J connectivity index is 2.44. The van der Waals surface area contributed by atoms with E-state index in [4.69, 9.17) is 5.11 Å². The van der Waals surface area contributed by atoms with Crippen molar-refractivity contribution >= 4 is 12.0 Å². The summed E-state index contributed by atoms with van der Waals surface area (Å²) in [6.45, 7) is 4.22. The zero-order chi connectivity index (χ0) is 13.5. The van der Waals surface area contributed by atoms with Gasteiger partial charge in [0.05, 0.1) is 0 Å². The highest BCUT2D eigenvalue weighted by atomic mass is 16.4. The molecule has 0 bridgehead atoms. The van der Waals surface area contributed by atoms with Crippen molar-refractivity contribution < 1.29 is 14.7 Å². The first-order valence-corrected chi connectivity index (χ1v) is 5.75. The lowest BCUT2D eigenvalue weighted by Crippen LogP contribution is -2.40. The van der Waals surface area contributed by atoms with Gasteiger partial charge in [-0.25, -0.2) is 14.6 Å². The maximum Gasteiger partial charge on any atom is 0.354 e. The summed E-state index contributed by atoms with van der Waals surface area (Å²) < 4.78 is 0. The molecule has 0 fully saturated rings. The van der Waals surface area contributed by atoms with Crippen LogP contribution in [-0.4, -0.2) is 28.1 Å². The average Bonchev–Trinajstić information content (AvgIpc) is 2.36. The second kappa shape index (κ2) is 6.58. The van der Waals surface area contributed by atoms with Crippen LogP contribution in [0.2, 0.25) is 0 Å². The number of rotatable bonds is 5. The number of nitrogens with one attached hydrogen (secondary N) is 2. The van der Waals surface area contributed by atoms with Crippen LogP contribution in [0.1, 0.15) is 36.3 Å². The Labute approximate surface area is 105 Å². The summed E-state index contributed by atoms with van der Waals surface area (Å²) >= 11 is 0. The molecule has 0 radical (unpaired) electrons. The van der Waals surface area contributed by atoms with Crippen molar-refractivity contribution in [2.75, 3.05) is 0 Å². The first kappa shape index (κ1) is 14.0. The lowest BCUT2D eigenvalue weighted by atomic mass is 10.2. The summed E-state index contributed by atoms with van der Waals surface area (Å²) in [4.78, 5) is 25.8. The highest BCUT2D eigenvalue weighted by Gasteiger charge is 2.06. The molecule has 0 saturated carbocycles. The van der Waals surface area contributed by atoms with Gasteiger partial charge in [0.25, 0.3) is 0 Å². The van der Waals surface area contributed by atoms with E-state index in [0.717, 1.165) is 12.0 Å². The van der Waals surface area contributed by atoms with E-state index in [2.05, 4.69) is 15.6 Å². The molecule has 1 atom stereocenters. The Morgan fingerprint density at radius 1 is 1.44 bits per heavy atom. The molecule has 18 heavy (non-hydrogen) atoms. The van der Waals surface area contributed by atoms with Crippen molar-refractivity contribution in [3.05, 3.63) is 29.6 Å². The first-order chi connectivity index (χ1) is 8.52. The van der Waals surface area contributed by atoms with Gasteiger partial charge in [-0.3, -0.25) is 0 Å². The fraction of sp³-hybridized carbons (Fsp3) is 0.417. The SMILES string of the molecule is CCC(C)NC(=O)NCc1ccc(C(=O)O)nc1. The number of hydrogen-bond donors (Lipinski definition) is 3. The largest absolute Gasteiger partial charge is 0.477 e. The van der Waals surface area contributed by atoms with Gasteiger partial charge >= 0.3 is 12.0 Å². The Morgan fingerprint density at radius 2 is 2.17 bits per heavy atom. The number of pyridine rings is 1. The topological polar surface area (TPSA) is 91.3 Å². The van der Waals surface area contributed by atoms with Gasteiger partial charge in [-0.2, -0.15) is 0 Å². The quantitative estimate of drug-likeness (QED) is 0.737. The Morgan fingerprint density at radius 3 is 2.67 bits per heavy atom. The summed E-state index contributed by atoms with van der Waals surface area (Å²) in [5, 5.41) is 14.1. The minimum Gasteiger partial charge on any atom is -0.477 e. The molecule has 1 rings (SSSR count). The minimum absolute atomic E-state index is 0.0113. The monoisotopic (exact) mass is 251 g/mol. The molecule has 98 valence electrons. The molecule has 2 amide bonds. The molecule has 0 aliphatic carbocycles. The maximum absolute atomic E-state index is 11.4. The van der Waals surface area contributed by atoms with E-state index in [1.807, 2.05) is 13.8 Å². The fourth-order valence-corrected chi connectivity index (χ4v) is 1.21. The summed E-state index contributed by atoms with van der Waals surface area (Å²) in [5.74, 6) is -1.07. The van der Waals surface area contributed by atoms with Crippen LogP contribution in [0, 0.1) is 0 Å². The summed E-state index contributed by atoms with van der Waals surface area (Å²) in [6, 6.07) is 2.91. The zero-order valence-electron chi connectivity index (χ0n) is 10.4. The van der Waals surface area contributed by atoms with Gasteiger partial charge in [0, 0.05) is 18.8 Å². The molecule has 3 N–H and O–H groups in total. The van der Waals surface area contributed by atoms with Crippen LogP contribution in [0.25, 0.3) is 0 Å². The van der Waals surface area contributed by atoms with Crippen LogP contribution >= 0.6 is 0 Å². The number of carbonyl (C=O) groups excluding carboxylic acids is 1. The average molecular weight is 251 g/mol. The van der Waals surface area contributed by atoms with Crippen molar-refractivity contribution in [3.8, 4) is 0 Å². The molecule has 0 aromatic carbocycles. The number of carboxylic acids is 1. The van der Waals surface area contributed by atoms with Crippen LogP contribution < -0.4 is 10.6 Å². The van der Waals surface area contributed by atoms with E-state index in [1.54, 1.807) is 6.07 Å². The highest BCUT2D eigenvalue weighted by Crippen LogP contribution is 2.00. The van der Waals surface area contributed by atoms with Gasteiger partial charge < -0.3 is 15.7 Å². The van der Waals surface area contributed by atoms with Crippen LogP contribution in [0.3, 0.4) is 0 Å². The van der Waals surface area contributed by atoms with Gasteiger partial charge in [0.2, 0.25) is 0 Å². The van der Waals surface area contributed by atoms with Crippen LogP contribution in [0.5, 0.6) is 0 Å². The molecule has 1 unspecified atom stereocenters. The summed E-state index contributed by atoms with van der Waals surface area (Å²) in [5.41, 5.74) is 0.738. The van der Waals surface area contributed by atoms with Gasteiger partial charge in [-0.05, 0) is 25.0 Å². The van der Waals surface area contributed by atoms with Gasteiger partial charge in [-0.15, -0.1) is 0 Å². The Kier molecular flexibility index (Phi) is 5.10. The van der Waals surface area contributed by atoms with Crippen molar-refractivity contribution in [1.82, 2.24) is 15.6 Å². The molecular weight excluding hydrogens is 234 g/mol. The number of amides is 2. The third-order valence-electron chi connectivity index (χ3n) is 2.49. The standard InChI is InChI=1S/C12H17N3O3/c1-3-8(2)15-12(18)14-7-9-4-5-10(11(16)17)13-6-9/h4-6,8H,3,7H2,1-2H3,(H,16,17)(H2,14,15,18). The number of aromatic carboxylic acids is 1. The van der Waals surface area contributed by atoms with Crippen molar-refractivity contribution in [2.24, 2.45) is 0 Å². The summed E-state index contributed by atoms with van der Waals surface area (Å²) in [6.07, 6.45) is 2.30. The zero-order valence-corrected chi connectivity index (χ0v) is 10.4.